The van der Waals surface area contributed by atoms with Crippen LogP contribution in [0.3, 0.4) is 0 Å². The maximum atomic E-state index is 13.0. The van der Waals surface area contributed by atoms with Crippen molar-refractivity contribution in [3.8, 4) is 0 Å². The SMILES string of the molecule is [C-]#[N+]C1(c2ccc(Cl)cc2)CCN(CCCCc2cccc3c2CN(C2CCC(=O)NC2=O)C3=O)CC1. The predicted octanol–water partition coefficient (Wildman–Crippen LogP) is 4.33. The highest BCUT2D eigenvalue weighted by molar-refractivity contribution is 6.30. The van der Waals surface area contributed by atoms with Crippen LogP contribution in [0.15, 0.2) is 42.5 Å². The van der Waals surface area contributed by atoms with Crippen LogP contribution < -0.4 is 5.32 Å². The Balaban J connectivity index is 1.13. The average Bonchev–Trinajstić information content (AvgIpc) is 3.24. The first-order valence-electron chi connectivity index (χ1n) is 13.0. The molecule has 2 saturated heterocycles. The van der Waals surface area contributed by atoms with Gasteiger partial charge in [-0.05, 0) is 73.7 Å². The summed E-state index contributed by atoms with van der Waals surface area (Å²) in [5, 5.41) is 3.06. The van der Waals surface area contributed by atoms with Gasteiger partial charge in [-0.1, -0.05) is 23.7 Å². The molecule has 0 saturated carbocycles. The second kappa shape index (κ2) is 10.6. The summed E-state index contributed by atoms with van der Waals surface area (Å²) >= 11 is 6.04. The van der Waals surface area contributed by atoms with E-state index < -0.39 is 11.6 Å². The monoisotopic (exact) mass is 518 g/mol. The number of piperidine rings is 2. The Kier molecular flexibility index (Phi) is 7.32. The van der Waals surface area contributed by atoms with Crippen LogP contribution in [0.1, 0.15) is 65.6 Å². The molecular weight excluding hydrogens is 488 g/mol. The molecule has 3 aliphatic rings. The van der Waals surface area contributed by atoms with E-state index in [4.69, 9.17) is 18.2 Å². The number of nitrogens with zero attached hydrogens (tertiary/aromatic N) is 3. The number of benzene rings is 2. The smallest absolute Gasteiger partial charge is 0.260 e. The number of unbranched alkanes of at least 4 members (excludes halogenated alkanes) is 1. The van der Waals surface area contributed by atoms with Crippen molar-refractivity contribution in [2.45, 2.75) is 63.1 Å². The largest absolute Gasteiger partial charge is 0.322 e. The molecule has 0 bridgehead atoms. The molecule has 0 aliphatic carbocycles. The summed E-state index contributed by atoms with van der Waals surface area (Å²) in [7, 11) is 0. The number of imide groups is 1. The normalized spacial score (nSPS) is 21.5. The van der Waals surface area contributed by atoms with Gasteiger partial charge >= 0.3 is 0 Å². The number of carbonyl (C=O) groups excluding carboxylic acids is 3. The first-order chi connectivity index (χ1) is 17.9. The molecule has 0 radical (unpaired) electrons. The second-order valence-electron chi connectivity index (χ2n) is 10.3. The molecule has 3 amide bonds. The van der Waals surface area contributed by atoms with Gasteiger partial charge in [-0.25, -0.2) is 6.57 Å². The zero-order valence-corrected chi connectivity index (χ0v) is 21.6. The van der Waals surface area contributed by atoms with E-state index in [2.05, 4.69) is 21.1 Å². The fourth-order valence-corrected chi connectivity index (χ4v) is 6.03. The van der Waals surface area contributed by atoms with Gasteiger partial charge in [-0.3, -0.25) is 19.7 Å². The number of carbonyl (C=O) groups is 3. The van der Waals surface area contributed by atoms with Crippen molar-refractivity contribution in [2.75, 3.05) is 19.6 Å². The van der Waals surface area contributed by atoms with Gasteiger partial charge < -0.3 is 14.6 Å². The number of hydrogen-bond donors (Lipinski definition) is 1. The van der Waals surface area contributed by atoms with Crippen LogP contribution in [-0.2, 0) is 28.1 Å². The minimum atomic E-state index is -0.583. The third-order valence-corrected chi connectivity index (χ3v) is 8.38. The molecule has 1 unspecified atom stereocenters. The molecule has 7 nitrogen and oxygen atoms in total. The summed E-state index contributed by atoms with van der Waals surface area (Å²) < 4.78 is 0. The molecule has 2 aromatic rings. The van der Waals surface area contributed by atoms with Crippen LogP contribution in [-0.4, -0.2) is 53.2 Å². The summed E-state index contributed by atoms with van der Waals surface area (Å²) in [5.41, 5.74) is 3.46. The summed E-state index contributed by atoms with van der Waals surface area (Å²) in [5.74, 6) is -0.771. The Morgan fingerprint density at radius 3 is 2.51 bits per heavy atom. The van der Waals surface area contributed by atoms with Crippen LogP contribution in [0.25, 0.3) is 4.85 Å². The minimum absolute atomic E-state index is 0.122. The van der Waals surface area contributed by atoms with Crippen LogP contribution in [0, 0.1) is 6.57 Å². The average molecular weight is 519 g/mol. The summed E-state index contributed by atoms with van der Waals surface area (Å²) in [4.78, 5) is 45.0. The van der Waals surface area contributed by atoms with Crippen LogP contribution in [0.4, 0.5) is 0 Å². The van der Waals surface area contributed by atoms with E-state index in [1.54, 1.807) is 4.90 Å². The molecule has 0 spiro atoms. The van der Waals surface area contributed by atoms with Crippen molar-refractivity contribution in [1.29, 1.82) is 0 Å². The van der Waals surface area contributed by atoms with Crippen molar-refractivity contribution >= 4 is 29.3 Å². The quantitative estimate of drug-likeness (QED) is 0.336. The third kappa shape index (κ3) is 5.14. The lowest BCUT2D eigenvalue weighted by molar-refractivity contribution is -0.136. The molecule has 2 aromatic carbocycles. The number of halogens is 1. The molecule has 1 N–H and O–H groups in total. The Morgan fingerprint density at radius 2 is 1.81 bits per heavy atom. The Labute approximate surface area is 222 Å². The first-order valence-corrected chi connectivity index (χ1v) is 13.4. The number of hydrogen-bond acceptors (Lipinski definition) is 4. The fourth-order valence-electron chi connectivity index (χ4n) is 5.91. The highest BCUT2D eigenvalue weighted by Crippen LogP contribution is 2.37. The molecule has 2 fully saturated rings. The van der Waals surface area contributed by atoms with E-state index in [0.717, 1.165) is 68.4 Å². The Hall–Kier alpha value is -3.21. The van der Waals surface area contributed by atoms with Crippen LogP contribution in [0.2, 0.25) is 5.02 Å². The van der Waals surface area contributed by atoms with E-state index in [-0.39, 0.29) is 24.1 Å². The summed E-state index contributed by atoms with van der Waals surface area (Å²) in [6.45, 7) is 11.1. The highest BCUT2D eigenvalue weighted by atomic mass is 35.5. The van der Waals surface area contributed by atoms with Gasteiger partial charge in [-0.15, -0.1) is 0 Å². The van der Waals surface area contributed by atoms with E-state index >= 15 is 0 Å². The van der Waals surface area contributed by atoms with Crippen molar-refractivity contribution in [3.05, 3.63) is 81.2 Å². The number of likely N-dealkylation sites (tertiary alicyclic amines) is 1. The molecule has 8 heteroatoms. The Morgan fingerprint density at radius 1 is 1.05 bits per heavy atom. The third-order valence-electron chi connectivity index (χ3n) is 8.13. The first kappa shape index (κ1) is 25.4. The van der Waals surface area contributed by atoms with Crippen molar-refractivity contribution in [3.63, 3.8) is 0 Å². The standard InChI is InChI=1S/C29H31ClN4O3/c1-31-29(21-8-10-22(30)11-9-21)14-17-33(18-15-29)16-3-2-5-20-6-4-7-23-24(20)19-34(28(23)37)25-12-13-26(35)32-27(25)36/h4,6-11,25H,2-3,5,12-19H2,(H,32,35,36). The van der Waals surface area contributed by atoms with E-state index in [0.29, 0.717) is 23.6 Å². The molecule has 37 heavy (non-hydrogen) atoms. The lowest BCUT2D eigenvalue weighted by atomic mass is 9.81. The van der Waals surface area contributed by atoms with Gasteiger partial charge in [0.25, 0.3) is 11.4 Å². The van der Waals surface area contributed by atoms with Crippen molar-refractivity contribution < 1.29 is 14.4 Å². The van der Waals surface area contributed by atoms with Gasteiger partial charge in [0.2, 0.25) is 11.8 Å². The molecule has 1 atom stereocenters. The highest BCUT2D eigenvalue weighted by Gasteiger charge is 2.42. The van der Waals surface area contributed by atoms with E-state index in [1.807, 2.05) is 36.4 Å². The van der Waals surface area contributed by atoms with Crippen LogP contribution >= 0.6 is 11.6 Å². The zero-order chi connectivity index (χ0) is 26.0. The van der Waals surface area contributed by atoms with E-state index in [1.165, 1.54) is 0 Å². The molecule has 3 heterocycles. The topological polar surface area (TPSA) is 74.1 Å². The predicted molar refractivity (Wildman–Crippen MR) is 141 cm³/mol. The number of fused-ring (bicyclic) bond motifs is 1. The lowest BCUT2D eigenvalue weighted by Gasteiger charge is -2.34. The van der Waals surface area contributed by atoms with Crippen molar-refractivity contribution in [1.82, 2.24) is 15.1 Å². The summed E-state index contributed by atoms with van der Waals surface area (Å²) in [6.07, 6.45) is 5.21. The van der Waals surface area contributed by atoms with E-state index in [9.17, 15) is 14.4 Å². The Bertz CT molecular complexity index is 1240. The zero-order valence-electron chi connectivity index (χ0n) is 20.8. The lowest BCUT2D eigenvalue weighted by Crippen LogP contribution is -2.52. The molecule has 192 valence electrons. The van der Waals surface area contributed by atoms with Gasteiger partial charge in [-0.2, -0.15) is 0 Å². The van der Waals surface area contributed by atoms with Gasteiger partial charge in [0.05, 0.1) is 0 Å². The van der Waals surface area contributed by atoms with Gasteiger partial charge in [0.15, 0.2) is 0 Å². The number of aryl methyl sites for hydroxylation is 1. The molecule has 5 rings (SSSR count). The maximum Gasteiger partial charge on any atom is 0.260 e. The maximum absolute atomic E-state index is 13.0. The molecule has 0 aromatic heterocycles. The van der Waals surface area contributed by atoms with Gasteiger partial charge in [0, 0.05) is 55.0 Å². The van der Waals surface area contributed by atoms with Crippen molar-refractivity contribution in [2.24, 2.45) is 0 Å². The molecular formula is C29H31ClN4O3. The minimum Gasteiger partial charge on any atom is -0.322 e. The second-order valence-corrected chi connectivity index (χ2v) is 10.7. The number of amides is 3. The van der Waals surface area contributed by atoms with Gasteiger partial charge in [0.1, 0.15) is 6.04 Å². The fraction of sp³-hybridized carbons (Fsp3) is 0.448. The van der Waals surface area contributed by atoms with Crippen LogP contribution in [0.5, 0.6) is 0 Å². The summed E-state index contributed by atoms with van der Waals surface area (Å²) in [6, 6.07) is 13.0. The number of nitrogens with one attached hydrogen (secondary N) is 1. The number of rotatable bonds is 7. The molecule has 3 aliphatic heterocycles.